The number of hydrogen-bond donors (Lipinski definition) is 3. The van der Waals surface area contributed by atoms with E-state index in [1.54, 1.807) is 18.2 Å². The van der Waals surface area contributed by atoms with Crippen molar-refractivity contribution in [3.8, 4) is 0 Å². The lowest BCUT2D eigenvalue weighted by atomic mass is 9.91. The van der Waals surface area contributed by atoms with E-state index in [1.165, 1.54) is 6.07 Å². The minimum absolute atomic E-state index is 0.167. The molecular weight excluding hydrogens is 328 g/mol. The largest absolute Gasteiger partial charge is 0.348 e. The van der Waals surface area contributed by atoms with Crippen LogP contribution in [-0.2, 0) is 14.8 Å². The van der Waals surface area contributed by atoms with Gasteiger partial charge in [0.15, 0.2) is 0 Å². The molecule has 1 heterocycles. The Balaban J connectivity index is 2.10. The smallest absolute Gasteiger partial charge is 0.263 e. The molecule has 0 radical (unpaired) electrons. The summed E-state index contributed by atoms with van der Waals surface area (Å²) in [5, 5.41) is 2.89. The maximum absolute atomic E-state index is 12.2. The predicted molar refractivity (Wildman–Crippen MR) is 93.2 cm³/mol. The lowest BCUT2D eigenvalue weighted by Gasteiger charge is -2.31. The second-order valence-corrected chi connectivity index (χ2v) is 8.33. The number of aliphatic imine (C=N–C) groups is 1. The fraction of sp³-hybridized carbons (Fsp3) is 0.500. The number of sulfonamides is 1. The zero-order valence-electron chi connectivity index (χ0n) is 14.2. The second kappa shape index (κ2) is 6.90. The monoisotopic (exact) mass is 352 g/mol. The minimum Gasteiger partial charge on any atom is -0.348 e. The Morgan fingerprint density at radius 3 is 2.67 bits per heavy atom. The normalized spacial score (nSPS) is 19.6. The number of amides is 1. The maximum Gasteiger partial charge on any atom is 0.263 e. The fourth-order valence-electron chi connectivity index (χ4n) is 2.86. The number of nitrogens with two attached hydrogens (primary N) is 1. The van der Waals surface area contributed by atoms with Crippen LogP contribution in [-0.4, -0.2) is 38.8 Å². The minimum atomic E-state index is -3.59. The van der Waals surface area contributed by atoms with Gasteiger partial charge in [0.25, 0.3) is 10.0 Å². The molecule has 0 fully saturated rings. The van der Waals surface area contributed by atoms with Crippen molar-refractivity contribution in [2.45, 2.75) is 37.6 Å². The van der Waals surface area contributed by atoms with Crippen LogP contribution >= 0.6 is 0 Å². The molecule has 7 nitrogen and oxygen atoms in total. The SMILES string of the molecule is CC(C)CC(C)(CN)NC(=O)CN=C1NS(=O)(=O)c2ccccc21. The van der Waals surface area contributed by atoms with Crippen LogP contribution in [0.4, 0.5) is 0 Å². The van der Waals surface area contributed by atoms with Crippen LogP contribution in [0.2, 0.25) is 0 Å². The standard InChI is InChI=1S/C16H24N4O3S/c1-11(2)8-16(3,10-17)19-14(21)9-18-15-12-6-4-5-7-13(12)24(22,23)20-15/h4-7,11H,8-10,17H2,1-3H3,(H,18,20)(H,19,21). The first-order chi connectivity index (χ1) is 11.2. The molecule has 0 spiro atoms. The molecule has 1 aromatic rings. The molecule has 132 valence electrons. The Bertz CT molecular complexity index is 758. The summed E-state index contributed by atoms with van der Waals surface area (Å²) in [5.74, 6) is 0.289. The van der Waals surface area contributed by atoms with Crippen LogP contribution in [0.3, 0.4) is 0 Å². The number of nitrogens with one attached hydrogen (secondary N) is 2. The van der Waals surface area contributed by atoms with Crippen molar-refractivity contribution in [3.63, 3.8) is 0 Å². The van der Waals surface area contributed by atoms with Crippen molar-refractivity contribution < 1.29 is 13.2 Å². The van der Waals surface area contributed by atoms with Gasteiger partial charge in [0.1, 0.15) is 12.4 Å². The van der Waals surface area contributed by atoms with Crippen LogP contribution in [0.25, 0.3) is 0 Å². The first-order valence-corrected chi connectivity index (χ1v) is 9.33. The molecule has 2 rings (SSSR count). The molecule has 0 bridgehead atoms. The topological polar surface area (TPSA) is 114 Å². The average Bonchev–Trinajstić information content (AvgIpc) is 2.76. The second-order valence-electron chi connectivity index (χ2n) is 6.68. The van der Waals surface area contributed by atoms with Crippen LogP contribution in [0, 0.1) is 5.92 Å². The van der Waals surface area contributed by atoms with E-state index in [0.717, 1.165) is 6.42 Å². The number of hydrogen-bond acceptors (Lipinski definition) is 5. The molecule has 0 aromatic heterocycles. The lowest BCUT2D eigenvalue weighted by molar-refractivity contribution is -0.121. The molecule has 1 aromatic carbocycles. The Labute approximate surface area is 142 Å². The molecule has 1 atom stereocenters. The lowest BCUT2D eigenvalue weighted by Crippen LogP contribution is -2.52. The Hall–Kier alpha value is -1.93. The third-order valence-electron chi connectivity index (χ3n) is 3.79. The first-order valence-electron chi connectivity index (χ1n) is 7.84. The van der Waals surface area contributed by atoms with Crippen molar-refractivity contribution in [2.75, 3.05) is 13.1 Å². The van der Waals surface area contributed by atoms with E-state index in [9.17, 15) is 13.2 Å². The Kier molecular flexibility index (Phi) is 5.29. The molecule has 1 aliphatic rings. The Morgan fingerprint density at radius 2 is 2.04 bits per heavy atom. The zero-order chi connectivity index (χ0) is 18.0. The molecule has 1 unspecified atom stereocenters. The maximum atomic E-state index is 12.2. The summed E-state index contributed by atoms with van der Waals surface area (Å²) >= 11 is 0. The van der Waals surface area contributed by atoms with E-state index < -0.39 is 15.6 Å². The van der Waals surface area contributed by atoms with Gasteiger partial charge in [-0.25, -0.2) is 8.42 Å². The Morgan fingerprint density at radius 1 is 1.38 bits per heavy atom. The van der Waals surface area contributed by atoms with Gasteiger partial charge in [0.05, 0.1) is 4.90 Å². The third kappa shape index (κ3) is 4.12. The highest BCUT2D eigenvalue weighted by molar-refractivity contribution is 7.90. The molecule has 8 heteroatoms. The summed E-state index contributed by atoms with van der Waals surface area (Å²) in [6.07, 6.45) is 0.751. The van der Waals surface area contributed by atoms with Crippen molar-refractivity contribution in [3.05, 3.63) is 29.8 Å². The molecule has 1 aliphatic heterocycles. The van der Waals surface area contributed by atoms with E-state index in [1.807, 2.05) is 6.92 Å². The summed E-state index contributed by atoms with van der Waals surface area (Å²) in [6.45, 7) is 6.17. The van der Waals surface area contributed by atoms with Crippen molar-refractivity contribution in [2.24, 2.45) is 16.6 Å². The van der Waals surface area contributed by atoms with Gasteiger partial charge in [-0.05, 0) is 31.4 Å². The van der Waals surface area contributed by atoms with Gasteiger partial charge in [-0.15, -0.1) is 0 Å². The van der Waals surface area contributed by atoms with Gasteiger partial charge in [-0.3, -0.25) is 14.5 Å². The molecular formula is C16H24N4O3S. The van der Waals surface area contributed by atoms with Crippen LogP contribution < -0.4 is 15.8 Å². The molecule has 24 heavy (non-hydrogen) atoms. The van der Waals surface area contributed by atoms with Crippen LogP contribution in [0.15, 0.2) is 34.2 Å². The molecule has 0 aliphatic carbocycles. The number of carbonyl (C=O) groups excluding carboxylic acids is 1. The molecule has 0 saturated heterocycles. The van der Waals surface area contributed by atoms with Gasteiger partial charge >= 0.3 is 0 Å². The van der Waals surface area contributed by atoms with Gasteiger partial charge in [-0.1, -0.05) is 26.0 Å². The van der Waals surface area contributed by atoms with E-state index in [2.05, 4.69) is 28.9 Å². The number of nitrogens with zero attached hydrogens (tertiary/aromatic N) is 1. The van der Waals surface area contributed by atoms with Crippen LogP contribution in [0.1, 0.15) is 32.8 Å². The van der Waals surface area contributed by atoms with Gasteiger partial charge < -0.3 is 11.1 Å². The predicted octanol–water partition coefficient (Wildman–Crippen LogP) is 0.605. The summed E-state index contributed by atoms with van der Waals surface area (Å²) in [5.41, 5.74) is 5.76. The number of carbonyl (C=O) groups is 1. The summed E-state index contributed by atoms with van der Waals surface area (Å²) < 4.78 is 26.4. The van der Waals surface area contributed by atoms with E-state index in [0.29, 0.717) is 18.0 Å². The number of amidine groups is 1. The van der Waals surface area contributed by atoms with Crippen LogP contribution in [0.5, 0.6) is 0 Å². The third-order valence-corrected chi connectivity index (χ3v) is 5.19. The van der Waals surface area contributed by atoms with Crippen molar-refractivity contribution >= 4 is 21.8 Å². The highest BCUT2D eigenvalue weighted by atomic mass is 32.2. The number of fused-ring (bicyclic) bond motifs is 1. The fourth-order valence-corrected chi connectivity index (χ4v) is 4.12. The van der Waals surface area contributed by atoms with Gasteiger partial charge in [-0.2, -0.15) is 0 Å². The van der Waals surface area contributed by atoms with Crippen molar-refractivity contribution in [1.82, 2.24) is 10.0 Å². The zero-order valence-corrected chi connectivity index (χ0v) is 15.0. The van der Waals surface area contributed by atoms with E-state index >= 15 is 0 Å². The van der Waals surface area contributed by atoms with Gasteiger partial charge in [0.2, 0.25) is 5.91 Å². The summed E-state index contributed by atoms with van der Waals surface area (Å²) in [6, 6.07) is 6.54. The van der Waals surface area contributed by atoms with E-state index in [4.69, 9.17) is 5.73 Å². The number of rotatable bonds is 6. The molecule has 1 amide bonds. The highest BCUT2D eigenvalue weighted by Gasteiger charge is 2.30. The summed E-state index contributed by atoms with van der Waals surface area (Å²) in [7, 11) is -3.59. The van der Waals surface area contributed by atoms with Crippen molar-refractivity contribution in [1.29, 1.82) is 0 Å². The number of benzene rings is 1. The van der Waals surface area contributed by atoms with E-state index in [-0.39, 0.29) is 23.2 Å². The summed E-state index contributed by atoms with van der Waals surface area (Å²) in [4.78, 5) is 16.5. The average molecular weight is 352 g/mol. The first kappa shape index (κ1) is 18.4. The molecule has 4 N–H and O–H groups in total. The van der Waals surface area contributed by atoms with Gasteiger partial charge in [0, 0.05) is 17.6 Å². The highest BCUT2D eigenvalue weighted by Crippen LogP contribution is 2.22. The molecule has 0 saturated carbocycles. The quantitative estimate of drug-likeness (QED) is 0.696.